The van der Waals surface area contributed by atoms with Crippen LogP contribution in [0.4, 0.5) is 17.1 Å². The van der Waals surface area contributed by atoms with E-state index in [9.17, 15) is 24.3 Å². The zero-order valence-electron chi connectivity index (χ0n) is 18.3. The molecular weight excluding hydrogens is 483 g/mol. The van der Waals surface area contributed by atoms with E-state index in [2.05, 4.69) is 20.9 Å². The molecule has 0 aliphatic carbocycles. The normalized spacial score (nSPS) is 12.7. The number of carboxylic acid groups (broad SMARTS) is 1. The highest BCUT2D eigenvalue weighted by atomic mass is 35.5. The van der Waals surface area contributed by atoms with E-state index >= 15 is 0 Å². The number of pyridine rings is 1. The highest BCUT2D eigenvalue weighted by Gasteiger charge is 2.27. The minimum atomic E-state index is -1.19. The molecule has 0 bridgehead atoms. The topological polar surface area (TPSA) is 137 Å². The van der Waals surface area contributed by atoms with Gasteiger partial charge in [0.1, 0.15) is 17.4 Å². The molecule has 9 nitrogen and oxygen atoms in total. The van der Waals surface area contributed by atoms with Crippen LogP contribution in [0.1, 0.15) is 36.2 Å². The van der Waals surface area contributed by atoms with Gasteiger partial charge in [-0.15, -0.1) is 0 Å². The lowest BCUT2D eigenvalue weighted by atomic mass is 10.0. The molecule has 34 heavy (non-hydrogen) atoms. The Balaban J connectivity index is 1.71. The molecule has 11 heteroatoms. The van der Waals surface area contributed by atoms with Crippen LogP contribution < -0.4 is 26.8 Å². The lowest BCUT2D eigenvalue weighted by Crippen LogP contribution is -2.43. The number of carbonyl (C=O) groups is 2. The van der Waals surface area contributed by atoms with E-state index in [1.165, 1.54) is 24.5 Å². The molecule has 2 atom stereocenters. The van der Waals surface area contributed by atoms with Gasteiger partial charge in [0.25, 0.3) is 16.8 Å². The summed E-state index contributed by atoms with van der Waals surface area (Å²) in [7, 11) is 0. The molecule has 3 aromatic rings. The molecule has 0 radical (unpaired) electrons. The first-order valence-corrected chi connectivity index (χ1v) is 11.2. The summed E-state index contributed by atoms with van der Waals surface area (Å²) < 4.78 is 0. The van der Waals surface area contributed by atoms with Crippen LogP contribution in [0.15, 0.2) is 46.2 Å². The van der Waals surface area contributed by atoms with Gasteiger partial charge in [-0.1, -0.05) is 42.3 Å². The van der Waals surface area contributed by atoms with Crippen molar-refractivity contribution in [1.29, 1.82) is 0 Å². The summed E-state index contributed by atoms with van der Waals surface area (Å²) in [5.74, 6) is -1.65. The second-order valence-corrected chi connectivity index (χ2v) is 8.54. The van der Waals surface area contributed by atoms with Crippen molar-refractivity contribution in [3.63, 3.8) is 0 Å². The maximum atomic E-state index is 12.5. The minimum absolute atomic E-state index is 0.0147. The predicted molar refractivity (Wildman–Crippen MR) is 132 cm³/mol. The third-order valence-electron chi connectivity index (χ3n) is 5.28. The number of benzene rings is 1. The van der Waals surface area contributed by atoms with Gasteiger partial charge >= 0.3 is 5.97 Å². The van der Waals surface area contributed by atoms with Gasteiger partial charge in [0.15, 0.2) is 0 Å². The number of aliphatic carboxylic acids is 1. The second-order valence-electron chi connectivity index (χ2n) is 7.73. The quantitative estimate of drug-likeness (QED) is 0.307. The van der Waals surface area contributed by atoms with Crippen molar-refractivity contribution in [3.05, 3.63) is 78.3 Å². The van der Waals surface area contributed by atoms with Crippen LogP contribution in [0.5, 0.6) is 0 Å². The molecule has 2 aromatic carbocycles. The van der Waals surface area contributed by atoms with Gasteiger partial charge in [0.05, 0.1) is 15.7 Å². The average Bonchev–Trinajstić information content (AvgIpc) is 2.82. The fourth-order valence-electron chi connectivity index (χ4n) is 3.13. The number of hydrogen-bond donors (Lipinski definition) is 4. The summed E-state index contributed by atoms with van der Waals surface area (Å²) in [6, 6.07) is 5.04. The Kier molecular flexibility index (Phi) is 7.90. The highest BCUT2D eigenvalue weighted by Crippen LogP contribution is 2.29. The van der Waals surface area contributed by atoms with Crippen LogP contribution in [0, 0.1) is 0 Å². The molecule has 0 unspecified atom stereocenters. The molecule has 1 aromatic heterocycles. The summed E-state index contributed by atoms with van der Waals surface area (Å²) in [4.78, 5) is 52.0. The van der Waals surface area contributed by atoms with Crippen LogP contribution in [-0.2, 0) is 11.2 Å². The number of carboxylic acids is 1. The SMILES string of the molecule is CC[C@H](C)Nc1c(N[C@@H](Cc2ccc(C(=O)Nc3c(Cl)cncc3Cl)cc2)C(=O)O)c(=O)c1=O. The maximum Gasteiger partial charge on any atom is 0.326 e. The van der Waals surface area contributed by atoms with Gasteiger partial charge in [-0.3, -0.25) is 19.4 Å². The Morgan fingerprint density at radius 2 is 1.53 bits per heavy atom. The Morgan fingerprint density at radius 3 is 2.06 bits per heavy atom. The Hall–Kier alpha value is -3.43. The zero-order valence-corrected chi connectivity index (χ0v) is 19.8. The van der Waals surface area contributed by atoms with E-state index < -0.39 is 28.8 Å². The van der Waals surface area contributed by atoms with Crippen molar-refractivity contribution in [2.75, 3.05) is 16.0 Å². The van der Waals surface area contributed by atoms with E-state index in [4.69, 9.17) is 23.2 Å². The largest absolute Gasteiger partial charge is 0.480 e. The third-order valence-corrected chi connectivity index (χ3v) is 5.85. The highest BCUT2D eigenvalue weighted by molar-refractivity contribution is 6.39. The number of nitrogens with one attached hydrogen (secondary N) is 3. The van der Waals surface area contributed by atoms with Crippen molar-refractivity contribution in [2.24, 2.45) is 0 Å². The molecule has 178 valence electrons. The van der Waals surface area contributed by atoms with E-state index in [0.717, 1.165) is 6.42 Å². The maximum absolute atomic E-state index is 12.5. The molecule has 0 aliphatic heterocycles. The molecule has 4 N–H and O–H groups in total. The molecule has 0 saturated carbocycles. The van der Waals surface area contributed by atoms with Crippen LogP contribution >= 0.6 is 23.2 Å². The number of hydrogen-bond acceptors (Lipinski definition) is 7. The minimum Gasteiger partial charge on any atom is -0.480 e. The molecule has 0 spiro atoms. The van der Waals surface area contributed by atoms with Crippen molar-refractivity contribution in [1.82, 2.24) is 4.98 Å². The summed E-state index contributed by atoms with van der Waals surface area (Å²) >= 11 is 12.0. The van der Waals surface area contributed by atoms with Crippen molar-refractivity contribution < 1.29 is 14.7 Å². The fraction of sp³-hybridized carbons (Fsp3) is 0.261. The zero-order chi connectivity index (χ0) is 25.0. The van der Waals surface area contributed by atoms with E-state index in [-0.39, 0.29) is 39.6 Å². The summed E-state index contributed by atoms with van der Waals surface area (Å²) in [6.45, 7) is 3.77. The number of anilines is 3. The van der Waals surface area contributed by atoms with Gasteiger partial charge in [-0.05, 0) is 31.0 Å². The van der Waals surface area contributed by atoms with Gasteiger partial charge in [0, 0.05) is 30.4 Å². The molecule has 0 fully saturated rings. The monoisotopic (exact) mass is 504 g/mol. The van der Waals surface area contributed by atoms with Gasteiger partial charge in [0.2, 0.25) is 0 Å². The third kappa shape index (κ3) is 5.55. The average molecular weight is 505 g/mol. The number of rotatable bonds is 10. The standard InChI is InChI=1S/C23H22Cl2N4O5/c1-3-11(2)27-18-19(21(31)20(18)30)28-16(23(33)34)8-12-4-6-13(7-5-12)22(32)29-17-14(24)9-26-10-15(17)25/h4-7,9-11,16,27-28H,3,8H2,1-2H3,(H,33,34)(H,26,29,32)/t11-,16-/m0/s1. The van der Waals surface area contributed by atoms with Gasteiger partial charge in [-0.2, -0.15) is 0 Å². The summed E-state index contributed by atoms with van der Waals surface area (Å²) in [5, 5.41) is 18.2. The lowest BCUT2D eigenvalue weighted by Gasteiger charge is -2.22. The van der Waals surface area contributed by atoms with Gasteiger partial charge < -0.3 is 21.1 Å². The summed E-state index contributed by atoms with van der Waals surface area (Å²) in [6.07, 6.45) is 3.44. The van der Waals surface area contributed by atoms with E-state index in [1.807, 2.05) is 13.8 Å². The van der Waals surface area contributed by atoms with E-state index in [1.54, 1.807) is 12.1 Å². The number of aromatic nitrogens is 1. The Bertz CT molecular complexity index is 1270. The number of carbonyl (C=O) groups excluding carboxylic acids is 1. The van der Waals surface area contributed by atoms with Gasteiger partial charge in [-0.25, -0.2) is 4.79 Å². The van der Waals surface area contributed by atoms with Crippen LogP contribution in [0.3, 0.4) is 0 Å². The second kappa shape index (κ2) is 10.7. The first kappa shape index (κ1) is 25.2. The van der Waals surface area contributed by atoms with Crippen molar-refractivity contribution in [3.8, 4) is 0 Å². The first-order valence-electron chi connectivity index (χ1n) is 10.4. The predicted octanol–water partition coefficient (Wildman–Crippen LogP) is 3.55. The molecule has 1 amide bonds. The van der Waals surface area contributed by atoms with Crippen LogP contribution in [0.25, 0.3) is 0 Å². The first-order chi connectivity index (χ1) is 16.1. The Labute approximate surface area is 204 Å². The molecule has 1 heterocycles. The van der Waals surface area contributed by atoms with Crippen molar-refractivity contribution in [2.45, 2.75) is 38.8 Å². The number of nitrogens with zero attached hydrogens (tertiary/aromatic N) is 1. The number of halogens is 2. The fourth-order valence-corrected chi connectivity index (χ4v) is 3.59. The number of amides is 1. The summed E-state index contributed by atoms with van der Waals surface area (Å²) in [5.41, 5.74) is -0.209. The van der Waals surface area contributed by atoms with E-state index in [0.29, 0.717) is 11.1 Å². The van der Waals surface area contributed by atoms with Crippen LogP contribution in [-0.4, -0.2) is 34.1 Å². The molecule has 0 aliphatic rings. The smallest absolute Gasteiger partial charge is 0.326 e. The molecule has 3 rings (SSSR count). The van der Waals surface area contributed by atoms with Crippen LogP contribution in [0.2, 0.25) is 10.0 Å². The molecular formula is C23H22Cl2N4O5. The molecule has 0 saturated heterocycles. The van der Waals surface area contributed by atoms with Crippen molar-refractivity contribution >= 4 is 52.1 Å². The Morgan fingerprint density at radius 1 is 0.971 bits per heavy atom. The lowest BCUT2D eigenvalue weighted by molar-refractivity contribution is -0.137.